The third-order valence-electron chi connectivity index (χ3n) is 6.34. The highest BCUT2D eigenvalue weighted by molar-refractivity contribution is 9.10. The van der Waals surface area contributed by atoms with Crippen LogP contribution in [0.15, 0.2) is 82.1 Å². The van der Waals surface area contributed by atoms with Crippen molar-refractivity contribution in [1.82, 2.24) is 14.5 Å². The molecule has 1 atom stereocenters. The molecule has 1 heterocycles. The maximum absolute atomic E-state index is 13.8. The normalized spacial score (nSPS) is 11.9. The lowest BCUT2D eigenvalue weighted by molar-refractivity contribution is 0.131. The Balaban J connectivity index is 1.86. The molecule has 4 aromatic rings. The highest BCUT2D eigenvalue weighted by Gasteiger charge is 2.29. The van der Waals surface area contributed by atoms with Gasteiger partial charge in [-0.3, -0.25) is 9.36 Å². The molecule has 0 saturated heterocycles. The van der Waals surface area contributed by atoms with E-state index < -0.39 is 6.04 Å². The van der Waals surface area contributed by atoms with Gasteiger partial charge >= 0.3 is 6.03 Å². The van der Waals surface area contributed by atoms with Gasteiger partial charge in [-0.15, -0.1) is 0 Å². The van der Waals surface area contributed by atoms with Gasteiger partial charge in [0.05, 0.1) is 29.2 Å². The molecule has 0 fully saturated rings. The van der Waals surface area contributed by atoms with Crippen LogP contribution in [0.2, 0.25) is 0 Å². The molecule has 0 saturated carbocycles. The predicted molar refractivity (Wildman–Crippen MR) is 151 cm³/mol. The zero-order valence-electron chi connectivity index (χ0n) is 21.3. The first-order chi connectivity index (χ1) is 18.0. The topological polar surface area (TPSA) is 76.5 Å². The van der Waals surface area contributed by atoms with E-state index in [2.05, 4.69) is 28.2 Å². The molecule has 0 aliphatic rings. The molecule has 0 radical (unpaired) electrons. The fourth-order valence-electron chi connectivity index (χ4n) is 4.40. The number of urea groups is 1. The number of fused-ring (bicyclic) bond motifs is 1. The first-order valence-electron chi connectivity index (χ1n) is 12.4. The first kappa shape index (κ1) is 26.6. The van der Waals surface area contributed by atoms with Gasteiger partial charge in [-0.1, -0.05) is 60.1 Å². The average Bonchev–Trinajstić information content (AvgIpc) is 2.91. The number of halogens is 1. The van der Waals surface area contributed by atoms with Gasteiger partial charge in [0.15, 0.2) is 0 Å². The standard InChI is InChI=1S/C29H31BrN4O3/c1-4-20-13-15-23(16-14-20)34-27(32-25-12-7-6-11-24(25)28(34)35)26(5-2)33(17-18-37-3)29(36)31-22-10-8-9-21(30)19-22/h6-16,19,26H,4-5,17-18H2,1-3H3,(H,31,36). The maximum Gasteiger partial charge on any atom is 0.322 e. The molecular formula is C29H31BrN4O3. The minimum atomic E-state index is -0.481. The van der Waals surface area contributed by atoms with E-state index >= 15 is 0 Å². The van der Waals surface area contributed by atoms with Crippen LogP contribution in [-0.4, -0.2) is 40.7 Å². The van der Waals surface area contributed by atoms with E-state index in [4.69, 9.17) is 9.72 Å². The molecule has 1 unspecified atom stereocenters. The van der Waals surface area contributed by atoms with Crippen LogP contribution in [-0.2, 0) is 11.2 Å². The number of hydrogen-bond donors (Lipinski definition) is 1. The first-order valence-corrected chi connectivity index (χ1v) is 13.2. The van der Waals surface area contributed by atoms with Crippen LogP contribution in [0.25, 0.3) is 16.6 Å². The minimum absolute atomic E-state index is 0.164. The quantitative estimate of drug-likeness (QED) is 0.258. The number of anilines is 1. The Labute approximate surface area is 225 Å². The summed E-state index contributed by atoms with van der Waals surface area (Å²) in [7, 11) is 1.60. The van der Waals surface area contributed by atoms with Gasteiger partial charge in [-0.2, -0.15) is 0 Å². The van der Waals surface area contributed by atoms with E-state index in [0.29, 0.717) is 47.7 Å². The molecule has 7 nitrogen and oxygen atoms in total. The number of amides is 2. The Kier molecular flexibility index (Phi) is 8.74. The molecule has 37 heavy (non-hydrogen) atoms. The molecule has 1 aromatic heterocycles. The molecule has 0 bridgehead atoms. The van der Waals surface area contributed by atoms with E-state index in [1.54, 1.807) is 22.6 Å². The highest BCUT2D eigenvalue weighted by atomic mass is 79.9. The van der Waals surface area contributed by atoms with Gasteiger partial charge in [0.2, 0.25) is 0 Å². The zero-order chi connectivity index (χ0) is 26.4. The second-order valence-electron chi connectivity index (χ2n) is 8.70. The molecule has 192 valence electrons. The fraction of sp³-hybridized carbons (Fsp3) is 0.276. The summed E-state index contributed by atoms with van der Waals surface area (Å²) < 4.78 is 7.84. The van der Waals surface area contributed by atoms with Gasteiger partial charge in [0, 0.05) is 23.8 Å². The highest BCUT2D eigenvalue weighted by Crippen LogP contribution is 2.27. The summed E-state index contributed by atoms with van der Waals surface area (Å²) in [6, 6.07) is 21.9. The molecular weight excluding hydrogens is 532 g/mol. The molecule has 2 amide bonds. The van der Waals surface area contributed by atoms with Crippen molar-refractivity contribution in [1.29, 1.82) is 0 Å². The van der Waals surface area contributed by atoms with Crippen LogP contribution in [0, 0.1) is 0 Å². The summed E-state index contributed by atoms with van der Waals surface area (Å²) in [5.41, 5.74) is 2.99. The smallest absolute Gasteiger partial charge is 0.322 e. The van der Waals surface area contributed by atoms with Crippen molar-refractivity contribution in [2.45, 2.75) is 32.7 Å². The van der Waals surface area contributed by atoms with Crippen LogP contribution < -0.4 is 10.9 Å². The van der Waals surface area contributed by atoms with Crippen molar-refractivity contribution in [3.63, 3.8) is 0 Å². The van der Waals surface area contributed by atoms with Crippen molar-refractivity contribution in [3.05, 3.63) is 99.0 Å². The number of ether oxygens (including phenoxy) is 1. The van der Waals surface area contributed by atoms with E-state index in [-0.39, 0.29) is 11.6 Å². The number of para-hydroxylation sites is 1. The van der Waals surface area contributed by atoms with E-state index in [9.17, 15) is 9.59 Å². The Bertz CT molecular complexity index is 1440. The number of methoxy groups -OCH3 is 1. The van der Waals surface area contributed by atoms with Gasteiger partial charge in [-0.05, 0) is 60.9 Å². The number of rotatable bonds is 9. The summed E-state index contributed by atoms with van der Waals surface area (Å²) in [6.45, 7) is 4.75. The van der Waals surface area contributed by atoms with Crippen molar-refractivity contribution in [3.8, 4) is 5.69 Å². The Morgan fingerprint density at radius 1 is 1.08 bits per heavy atom. The van der Waals surface area contributed by atoms with Crippen LogP contribution >= 0.6 is 15.9 Å². The van der Waals surface area contributed by atoms with Crippen LogP contribution in [0.1, 0.15) is 37.7 Å². The molecule has 4 rings (SSSR count). The van der Waals surface area contributed by atoms with Crippen LogP contribution in [0.5, 0.6) is 0 Å². The number of hydrogen-bond acceptors (Lipinski definition) is 4. The van der Waals surface area contributed by atoms with Gasteiger partial charge in [-0.25, -0.2) is 9.78 Å². The fourth-order valence-corrected chi connectivity index (χ4v) is 4.80. The van der Waals surface area contributed by atoms with Gasteiger partial charge in [0.1, 0.15) is 5.82 Å². The van der Waals surface area contributed by atoms with Gasteiger partial charge in [0.25, 0.3) is 5.56 Å². The van der Waals surface area contributed by atoms with E-state index in [1.165, 1.54) is 5.56 Å². The van der Waals surface area contributed by atoms with E-state index in [1.807, 2.05) is 73.7 Å². The third-order valence-corrected chi connectivity index (χ3v) is 6.83. The molecule has 0 spiro atoms. The van der Waals surface area contributed by atoms with E-state index in [0.717, 1.165) is 10.9 Å². The SMILES string of the molecule is CCc1ccc(-n2c(C(CC)N(CCOC)C(=O)Nc3cccc(Br)c3)nc3ccccc3c2=O)cc1. The molecule has 0 aliphatic heterocycles. The number of nitrogens with zero attached hydrogens (tertiary/aromatic N) is 3. The number of benzene rings is 3. The number of nitrogens with one attached hydrogen (secondary N) is 1. The molecule has 1 N–H and O–H groups in total. The average molecular weight is 563 g/mol. The summed E-state index contributed by atoms with van der Waals surface area (Å²) in [4.78, 5) is 34.1. The lowest BCUT2D eigenvalue weighted by Crippen LogP contribution is -2.42. The Morgan fingerprint density at radius 2 is 1.84 bits per heavy atom. The number of carbonyl (C=O) groups excluding carboxylic acids is 1. The molecule has 8 heteroatoms. The van der Waals surface area contributed by atoms with Crippen molar-refractivity contribution >= 4 is 38.6 Å². The number of aryl methyl sites for hydroxylation is 1. The summed E-state index contributed by atoms with van der Waals surface area (Å²) in [5, 5.41) is 3.52. The summed E-state index contributed by atoms with van der Waals surface area (Å²) in [5.74, 6) is 0.510. The van der Waals surface area contributed by atoms with Crippen molar-refractivity contribution < 1.29 is 9.53 Å². The summed E-state index contributed by atoms with van der Waals surface area (Å²) in [6.07, 6.45) is 1.45. The van der Waals surface area contributed by atoms with Crippen molar-refractivity contribution in [2.75, 3.05) is 25.6 Å². The third kappa shape index (κ3) is 5.92. The van der Waals surface area contributed by atoms with Crippen LogP contribution in [0.4, 0.5) is 10.5 Å². The molecule has 0 aliphatic carbocycles. The minimum Gasteiger partial charge on any atom is -0.383 e. The largest absolute Gasteiger partial charge is 0.383 e. The predicted octanol–water partition coefficient (Wildman–Crippen LogP) is 6.34. The van der Waals surface area contributed by atoms with Crippen molar-refractivity contribution in [2.24, 2.45) is 0 Å². The lowest BCUT2D eigenvalue weighted by Gasteiger charge is -2.32. The zero-order valence-corrected chi connectivity index (χ0v) is 22.9. The second kappa shape index (κ2) is 12.2. The second-order valence-corrected chi connectivity index (χ2v) is 9.61. The monoisotopic (exact) mass is 562 g/mol. The summed E-state index contributed by atoms with van der Waals surface area (Å²) >= 11 is 3.45. The van der Waals surface area contributed by atoms with Crippen LogP contribution in [0.3, 0.4) is 0 Å². The number of carbonyl (C=O) groups is 1. The Hall–Kier alpha value is -3.49. The van der Waals surface area contributed by atoms with Gasteiger partial charge < -0.3 is 15.0 Å². The maximum atomic E-state index is 13.8. The molecule has 3 aromatic carbocycles. The Morgan fingerprint density at radius 3 is 2.51 bits per heavy atom. The number of aromatic nitrogens is 2. The lowest BCUT2D eigenvalue weighted by atomic mass is 10.1.